The molecule has 1 atom stereocenters. The number of benzene rings is 1. The van der Waals surface area contributed by atoms with Crippen molar-refractivity contribution in [2.75, 3.05) is 13.1 Å². The van der Waals surface area contributed by atoms with Gasteiger partial charge >= 0.3 is 0 Å². The van der Waals surface area contributed by atoms with Gasteiger partial charge in [-0.3, -0.25) is 4.90 Å². The second kappa shape index (κ2) is 3.37. The molecule has 0 N–H and O–H groups in total. The van der Waals surface area contributed by atoms with Crippen molar-refractivity contribution >= 4 is 0 Å². The Morgan fingerprint density at radius 3 is 2.79 bits per heavy atom. The highest BCUT2D eigenvalue weighted by molar-refractivity contribution is 5.31. The molecule has 2 nitrogen and oxygen atoms in total. The summed E-state index contributed by atoms with van der Waals surface area (Å²) in [6.45, 7) is 3.18. The number of likely N-dealkylation sites (tertiary alicyclic amines) is 1. The van der Waals surface area contributed by atoms with Crippen molar-refractivity contribution < 1.29 is 4.74 Å². The third kappa shape index (κ3) is 1.26. The molecule has 14 heavy (non-hydrogen) atoms. The molecule has 0 aromatic heterocycles. The first-order chi connectivity index (χ1) is 6.95. The molecule has 1 aromatic rings. The lowest BCUT2D eigenvalue weighted by atomic mass is 10.1. The van der Waals surface area contributed by atoms with Crippen LogP contribution < -0.4 is 0 Å². The smallest absolute Gasteiger partial charge is 0.137 e. The molecular formula is C12H15NO. The quantitative estimate of drug-likeness (QED) is 0.672. The van der Waals surface area contributed by atoms with Crippen molar-refractivity contribution in [3.63, 3.8) is 0 Å². The van der Waals surface area contributed by atoms with Crippen LogP contribution in [0.1, 0.15) is 30.2 Å². The zero-order valence-corrected chi connectivity index (χ0v) is 8.28. The molecule has 2 aliphatic rings. The van der Waals surface area contributed by atoms with E-state index < -0.39 is 0 Å². The maximum atomic E-state index is 5.83. The first kappa shape index (κ1) is 8.45. The molecule has 1 unspecified atom stereocenters. The minimum atomic E-state index is 0.244. The van der Waals surface area contributed by atoms with E-state index in [4.69, 9.17) is 4.74 Å². The van der Waals surface area contributed by atoms with Crippen LogP contribution in [0.4, 0.5) is 0 Å². The summed E-state index contributed by atoms with van der Waals surface area (Å²) in [5.74, 6) is 0. The van der Waals surface area contributed by atoms with Crippen LogP contribution in [0.5, 0.6) is 0 Å². The third-order valence-corrected chi connectivity index (χ3v) is 3.19. The van der Waals surface area contributed by atoms with Crippen LogP contribution >= 0.6 is 0 Å². The number of hydrogen-bond acceptors (Lipinski definition) is 2. The number of hydrogen-bond donors (Lipinski definition) is 0. The summed E-state index contributed by atoms with van der Waals surface area (Å²) in [6.07, 6.45) is 2.89. The van der Waals surface area contributed by atoms with Crippen LogP contribution in [0, 0.1) is 0 Å². The van der Waals surface area contributed by atoms with Crippen molar-refractivity contribution in [3.05, 3.63) is 35.4 Å². The third-order valence-electron chi connectivity index (χ3n) is 3.19. The molecule has 1 fully saturated rings. The molecule has 0 radical (unpaired) electrons. The second-order valence-corrected chi connectivity index (χ2v) is 4.11. The zero-order chi connectivity index (χ0) is 9.38. The molecule has 2 heterocycles. The Balaban J connectivity index is 1.89. The van der Waals surface area contributed by atoms with E-state index in [9.17, 15) is 0 Å². The minimum absolute atomic E-state index is 0.244. The van der Waals surface area contributed by atoms with Crippen LogP contribution in [0.25, 0.3) is 0 Å². The van der Waals surface area contributed by atoms with Gasteiger partial charge in [-0.1, -0.05) is 24.3 Å². The van der Waals surface area contributed by atoms with Crippen molar-refractivity contribution in [2.24, 2.45) is 0 Å². The van der Waals surface area contributed by atoms with Crippen LogP contribution in [-0.2, 0) is 11.3 Å². The van der Waals surface area contributed by atoms with E-state index in [1.165, 1.54) is 37.1 Å². The summed E-state index contributed by atoms with van der Waals surface area (Å²) in [6, 6.07) is 8.57. The summed E-state index contributed by atoms with van der Waals surface area (Å²) in [5.41, 5.74) is 2.75. The maximum Gasteiger partial charge on any atom is 0.137 e. The highest BCUT2D eigenvalue weighted by Gasteiger charge is 2.29. The van der Waals surface area contributed by atoms with E-state index >= 15 is 0 Å². The van der Waals surface area contributed by atoms with Crippen LogP contribution in [0.15, 0.2) is 24.3 Å². The Hall–Kier alpha value is -0.860. The molecule has 0 spiro atoms. The average molecular weight is 189 g/mol. The topological polar surface area (TPSA) is 12.5 Å². The van der Waals surface area contributed by atoms with Gasteiger partial charge in [0, 0.05) is 18.7 Å². The van der Waals surface area contributed by atoms with Gasteiger partial charge in [-0.2, -0.15) is 0 Å². The molecule has 3 rings (SSSR count). The molecule has 0 saturated carbocycles. The molecule has 0 bridgehead atoms. The molecule has 1 saturated heterocycles. The number of fused-ring (bicyclic) bond motifs is 1. The van der Waals surface area contributed by atoms with Gasteiger partial charge in [0.2, 0.25) is 0 Å². The minimum Gasteiger partial charge on any atom is -0.354 e. The summed E-state index contributed by atoms with van der Waals surface area (Å²) in [7, 11) is 0. The van der Waals surface area contributed by atoms with E-state index in [2.05, 4.69) is 29.2 Å². The Bertz CT molecular complexity index is 331. The second-order valence-electron chi connectivity index (χ2n) is 4.11. The van der Waals surface area contributed by atoms with Gasteiger partial charge in [0.15, 0.2) is 0 Å². The van der Waals surface area contributed by atoms with E-state index in [1.54, 1.807) is 0 Å². The van der Waals surface area contributed by atoms with Crippen LogP contribution in [-0.4, -0.2) is 18.0 Å². The first-order valence-electron chi connectivity index (χ1n) is 5.38. The maximum absolute atomic E-state index is 5.83. The van der Waals surface area contributed by atoms with E-state index in [0.29, 0.717) is 0 Å². The fourth-order valence-electron chi connectivity index (χ4n) is 2.44. The standard InChI is InChI=1S/C12H15NO/c1-2-6-11-10(5-1)9-14-12(11)13-7-3-4-8-13/h1-2,5-6,12H,3-4,7-9H2. The van der Waals surface area contributed by atoms with Crippen molar-refractivity contribution in [2.45, 2.75) is 25.7 Å². The number of nitrogens with zero attached hydrogens (tertiary/aromatic N) is 1. The molecule has 74 valence electrons. The molecular weight excluding hydrogens is 174 g/mol. The highest BCUT2D eigenvalue weighted by Crippen LogP contribution is 2.34. The van der Waals surface area contributed by atoms with E-state index in [0.717, 1.165) is 6.61 Å². The fraction of sp³-hybridized carbons (Fsp3) is 0.500. The summed E-state index contributed by atoms with van der Waals surface area (Å²) >= 11 is 0. The monoisotopic (exact) mass is 189 g/mol. The van der Waals surface area contributed by atoms with Gasteiger partial charge in [0.05, 0.1) is 6.61 Å². The van der Waals surface area contributed by atoms with Gasteiger partial charge in [-0.15, -0.1) is 0 Å². The molecule has 1 aromatic carbocycles. The van der Waals surface area contributed by atoms with Crippen LogP contribution in [0.3, 0.4) is 0 Å². The first-order valence-corrected chi connectivity index (χ1v) is 5.38. The SMILES string of the molecule is c1ccc2c(c1)COC2N1CCCC1. The average Bonchev–Trinajstić information content (AvgIpc) is 2.85. The number of rotatable bonds is 1. The lowest BCUT2D eigenvalue weighted by Crippen LogP contribution is -2.24. The molecule has 2 heteroatoms. The van der Waals surface area contributed by atoms with E-state index in [1.807, 2.05) is 0 Å². The van der Waals surface area contributed by atoms with Gasteiger partial charge in [0.1, 0.15) is 6.23 Å². The Labute approximate surface area is 84.5 Å². The Morgan fingerprint density at radius 1 is 1.14 bits per heavy atom. The summed E-state index contributed by atoms with van der Waals surface area (Å²) in [4.78, 5) is 2.45. The lowest BCUT2D eigenvalue weighted by Gasteiger charge is -2.23. The highest BCUT2D eigenvalue weighted by atomic mass is 16.5. The predicted octanol–water partition coefficient (Wildman–Crippen LogP) is 2.31. The molecule has 2 aliphatic heterocycles. The predicted molar refractivity (Wildman–Crippen MR) is 54.8 cm³/mol. The van der Waals surface area contributed by atoms with Gasteiger partial charge < -0.3 is 4.74 Å². The Morgan fingerprint density at radius 2 is 1.93 bits per heavy atom. The van der Waals surface area contributed by atoms with Gasteiger partial charge in [0.25, 0.3) is 0 Å². The summed E-state index contributed by atoms with van der Waals surface area (Å²) < 4.78 is 5.83. The molecule has 0 amide bonds. The fourth-order valence-corrected chi connectivity index (χ4v) is 2.44. The zero-order valence-electron chi connectivity index (χ0n) is 8.28. The lowest BCUT2D eigenvalue weighted by molar-refractivity contribution is -0.0406. The van der Waals surface area contributed by atoms with E-state index in [-0.39, 0.29) is 6.23 Å². The van der Waals surface area contributed by atoms with Crippen molar-refractivity contribution in [1.82, 2.24) is 4.90 Å². The van der Waals surface area contributed by atoms with Gasteiger partial charge in [-0.25, -0.2) is 0 Å². The largest absolute Gasteiger partial charge is 0.354 e. The Kier molecular flexibility index (Phi) is 2.03. The summed E-state index contributed by atoms with van der Waals surface area (Å²) in [5, 5.41) is 0. The number of ether oxygens (including phenoxy) is 1. The van der Waals surface area contributed by atoms with Crippen LogP contribution in [0.2, 0.25) is 0 Å². The van der Waals surface area contributed by atoms with Crippen molar-refractivity contribution in [3.8, 4) is 0 Å². The molecule has 0 aliphatic carbocycles. The normalized spacial score (nSPS) is 26.7. The van der Waals surface area contributed by atoms with Gasteiger partial charge in [-0.05, 0) is 18.4 Å². The van der Waals surface area contributed by atoms with Crippen molar-refractivity contribution in [1.29, 1.82) is 0 Å².